The van der Waals surface area contributed by atoms with Crippen molar-refractivity contribution in [1.29, 1.82) is 0 Å². The Morgan fingerprint density at radius 1 is 1.60 bits per heavy atom. The van der Waals surface area contributed by atoms with Gasteiger partial charge < -0.3 is 10.0 Å². The number of thiazole rings is 1. The van der Waals surface area contributed by atoms with Gasteiger partial charge in [-0.3, -0.25) is 10.1 Å². The summed E-state index contributed by atoms with van der Waals surface area (Å²) in [4.78, 5) is 28.7. The van der Waals surface area contributed by atoms with Gasteiger partial charge in [-0.25, -0.2) is 9.78 Å². The molecule has 2 amide bonds. The molecule has 0 radical (unpaired) electrons. The van der Waals surface area contributed by atoms with Crippen LogP contribution in [0.4, 0.5) is 9.93 Å². The SMILES string of the molecule is CC(C)c1csc(NC(=O)N2CCC(CC(=O)O)C2)n1. The lowest BCUT2D eigenvalue weighted by Crippen LogP contribution is -2.33. The minimum Gasteiger partial charge on any atom is -0.481 e. The number of amides is 2. The third kappa shape index (κ3) is 3.69. The normalized spacial score (nSPS) is 18.6. The molecule has 1 unspecified atom stereocenters. The number of hydrogen-bond acceptors (Lipinski definition) is 4. The van der Waals surface area contributed by atoms with Crippen LogP contribution in [0.5, 0.6) is 0 Å². The Labute approximate surface area is 121 Å². The van der Waals surface area contributed by atoms with E-state index in [-0.39, 0.29) is 18.4 Å². The molecule has 2 rings (SSSR count). The number of nitrogens with one attached hydrogen (secondary N) is 1. The molecule has 1 saturated heterocycles. The number of carbonyl (C=O) groups excluding carboxylic acids is 1. The largest absolute Gasteiger partial charge is 0.481 e. The number of carbonyl (C=O) groups is 2. The second-order valence-corrected chi connectivity index (χ2v) is 6.22. The van der Waals surface area contributed by atoms with Crippen molar-refractivity contribution >= 4 is 28.5 Å². The van der Waals surface area contributed by atoms with Gasteiger partial charge in [0.25, 0.3) is 0 Å². The molecule has 0 aliphatic carbocycles. The van der Waals surface area contributed by atoms with Gasteiger partial charge in [0.15, 0.2) is 5.13 Å². The average Bonchev–Trinajstić information content (AvgIpc) is 2.97. The highest BCUT2D eigenvalue weighted by Crippen LogP contribution is 2.23. The van der Waals surface area contributed by atoms with Crippen LogP contribution in [-0.2, 0) is 4.79 Å². The van der Waals surface area contributed by atoms with E-state index < -0.39 is 5.97 Å². The van der Waals surface area contributed by atoms with Crippen molar-refractivity contribution < 1.29 is 14.7 Å². The number of nitrogens with zero attached hydrogens (tertiary/aromatic N) is 2. The van der Waals surface area contributed by atoms with Crippen LogP contribution in [0.25, 0.3) is 0 Å². The molecule has 2 N–H and O–H groups in total. The number of hydrogen-bond donors (Lipinski definition) is 2. The number of carboxylic acids is 1. The second-order valence-electron chi connectivity index (χ2n) is 5.36. The van der Waals surface area contributed by atoms with Crippen LogP contribution >= 0.6 is 11.3 Å². The van der Waals surface area contributed by atoms with Gasteiger partial charge in [-0.15, -0.1) is 11.3 Å². The van der Waals surface area contributed by atoms with Crippen molar-refractivity contribution in [1.82, 2.24) is 9.88 Å². The van der Waals surface area contributed by atoms with Crippen molar-refractivity contribution in [2.75, 3.05) is 18.4 Å². The van der Waals surface area contributed by atoms with Gasteiger partial charge in [-0.05, 0) is 18.3 Å². The monoisotopic (exact) mass is 297 g/mol. The maximum atomic E-state index is 12.1. The first kappa shape index (κ1) is 14.8. The highest BCUT2D eigenvalue weighted by molar-refractivity contribution is 7.13. The zero-order chi connectivity index (χ0) is 14.7. The molecule has 6 nitrogen and oxygen atoms in total. The molecule has 1 fully saturated rings. The number of rotatable bonds is 4. The Kier molecular flexibility index (Phi) is 4.59. The number of carboxylic acid groups (broad SMARTS) is 1. The standard InChI is InChI=1S/C13H19N3O3S/c1-8(2)10-7-20-12(14-10)15-13(19)16-4-3-9(6-16)5-11(17)18/h7-9H,3-6H2,1-2H3,(H,17,18)(H,14,15,19). The number of aromatic nitrogens is 1. The minimum absolute atomic E-state index is 0.0563. The lowest BCUT2D eigenvalue weighted by Gasteiger charge is -2.15. The average molecular weight is 297 g/mol. The van der Waals surface area contributed by atoms with Crippen molar-refractivity contribution in [3.05, 3.63) is 11.1 Å². The van der Waals surface area contributed by atoms with Crippen molar-refractivity contribution in [3.63, 3.8) is 0 Å². The Hall–Kier alpha value is -1.63. The summed E-state index contributed by atoms with van der Waals surface area (Å²) in [6, 6.07) is -0.192. The molecular weight excluding hydrogens is 278 g/mol. The van der Waals surface area contributed by atoms with E-state index >= 15 is 0 Å². The van der Waals surface area contributed by atoms with Gasteiger partial charge in [-0.2, -0.15) is 0 Å². The molecule has 110 valence electrons. The lowest BCUT2D eigenvalue weighted by atomic mass is 10.1. The van der Waals surface area contributed by atoms with Gasteiger partial charge >= 0.3 is 12.0 Å². The molecule has 20 heavy (non-hydrogen) atoms. The molecule has 1 atom stereocenters. The zero-order valence-electron chi connectivity index (χ0n) is 11.6. The summed E-state index contributed by atoms with van der Waals surface area (Å²) >= 11 is 1.41. The van der Waals surface area contributed by atoms with E-state index in [9.17, 15) is 9.59 Å². The first-order valence-electron chi connectivity index (χ1n) is 6.69. The Balaban J connectivity index is 1.87. The Bertz CT molecular complexity index is 501. The summed E-state index contributed by atoms with van der Waals surface area (Å²) < 4.78 is 0. The smallest absolute Gasteiger partial charge is 0.323 e. The van der Waals surface area contributed by atoms with Crippen LogP contribution in [0, 0.1) is 5.92 Å². The van der Waals surface area contributed by atoms with Crippen LogP contribution in [0.15, 0.2) is 5.38 Å². The van der Waals surface area contributed by atoms with Crippen LogP contribution in [0.2, 0.25) is 0 Å². The maximum absolute atomic E-state index is 12.1. The third-order valence-corrected chi connectivity index (χ3v) is 4.14. The van der Waals surface area contributed by atoms with E-state index in [1.54, 1.807) is 4.90 Å². The summed E-state index contributed by atoms with van der Waals surface area (Å²) in [6.45, 7) is 5.21. The molecule has 0 saturated carbocycles. The molecule has 0 bridgehead atoms. The molecule has 1 aromatic heterocycles. The van der Waals surface area contributed by atoms with Crippen LogP contribution < -0.4 is 5.32 Å². The predicted molar refractivity (Wildman–Crippen MR) is 77.2 cm³/mol. The van der Waals surface area contributed by atoms with E-state index in [1.807, 2.05) is 5.38 Å². The van der Waals surface area contributed by atoms with Gasteiger partial charge in [0.2, 0.25) is 0 Å². The van der Waals surface area contributed by atoms with E-state index in [4.69, 9.17) is 5.11 Å². The maximum Gasteiger partial charge on any atom is 0.323 e. The summed E-state index contributed by atoms with van der Waals surface area (Å²) in [7, 11) is 0. The topological polar surface area (TPSA) is 82.5 Å². The lowest BCUT2D eigenvalue weighted by molar-refractivity contribution is -0.138. The molecule has 1 aromatic rings. The molecule has 0 spiro atoms. The molecule has 1 aliphatic heterocycles. The quantitative estimate of drug-likeness (QED) is 0.895. The second kappa shape index (κ2) is 6.21. The predicted octanol–water partition coefficient (Wildman–Crippen LogP) is 2.60. The van der Waals surface area contributed by atoms with E-state index in [0.29, 0.717) is 24.1 Å². The van der Waals surface area contributed by atoms with Crippen LogP contribution in [-0.4, -0.2) is 40.1 Å². The summed E-state index contributed by atoms with van der Waals surface area (Å²) in [5, 5.41) is 14.1. The summed E-state index contributed by atoms with van der Waals surface area (Å²) in [6.07, 6.45) is 0.868. The van der Waals surface area contributed by atoms with Crippen molar-refractivity contribution in [2.45, 2.75) is 32.6 Å². The first-order chi connectivity index (χ1) is 9.45. The number of anilines is 1. The van der Waals surface area contributed by atoms with Crippen molar-refractivity contribution in [2.24, 2.45) is 5.92 Å². The Morgan fingerprint density at radius 3 is 2.95 bits per heavy atom. The van der Waals surface area contributed by atoms with Gasteiger partial charge in [0, 0.05) is 24.9 Å². The first-order valence-corrected chi connectivity index (χ1v) is 7.56. The fourth-order valence-electron chi connectivity index (χ4n) is 2.21. The van der Waals surface area contributed by atoms with E-state index in [2.05, 4.69) is 24.1 Å². The molecule has 1 aliphatic rings. The van der Waals surface area contributed by atoms with Crippen LogP contribution in [0.3, 0.4) is 0 Å². The number of urea groups is 1. The Morgan fingerprint density at radius 2 is 2.35 bits per heavy atom. The fraction of sp³-hybridized carbons (Fsp3) is 0.615. The number of likely N-dealkylation sites (tertiary alicyclic amines) is 1. The summed E-state index contributed by atoms with van der Waals surface area (Å²) in [5.41, 5.74) is 0.968. The van der Waals surface area contributed by atoms with E-state index in [1.165, 1.54) is 11.3 Å². The summed E-state index contributed by atoms with van der Waals surface area (Å²) in [5.74, 6) is -0.414. The molecule has 7 heteroatoms. The highest BCUT2D eigenvalue weighted by Gasteiger charge is 2.28. The third-order valence-electron chi connectivity index (χ3n) is 3.36. The van der Waals surface area contributed by atoms with Crippen molar-refractivity contribution in [3.8, 4) is 0 Å². The molecule has 2 heterocycles. The zero-order valence-corrected chi connectivity index (χ0v) is 12.4. The number of aliphatic carboxylic acids is 1. The van der Waals surface area contributed by atoms with E-state index in [0.717, 1.165) is 12.1 Å². The van der Waals surface area contributed by atoms with Gasteiger partial charge in [0.1, 0.15) is 0 Å². The highest BCUT2D eigenvalue weighted by atomic mass is 32.1. The van der Waals surface area contributed by atoms with Gasteiger partial charge in [-0.1, -0.05) is 13.8 Å². The molecule has 0 aromatic carbocycles. The minimum atomic E-state index is -0.807. The van der Waals surface area contributed by atoms with Crippen LogP contribution in [0.1, 0.15) is 38.3 Å². The fourth-order valence-corrected chi connectivity index (χ4v) is 3.07. The van der Waals surface area contributed by atoms with Gasteiger partial charge in [0.05, 0.1) is 5.69 Å². The molecular formula is C13H19N3O3S.